The van der Waals surface area contributed by atoms with E-state index in [1.807, 2.05) is 6.92 Å². The van der Waals surface area contributed by atoms with Crippen molar-refractivity contribution in [2.24, 2.45) is 5.92 Å². The maximum absolute atomic E-state index is 10.8. The molecule has 2 atom stereocenters. The second-order valence-electron chi connectivity index (χ2n) is 2.60. The molecule has 1 aliphatic rings. The summed E-state index contributed by atoms with van der Waals surface area (Å²) in [6.45, 7) is 1.84. The lowest BCUT2D eigenvalue weighted by atomic mass is 10.0. The number of carbonyl (C=O) groups excluding carboxylic acids is 1. The van der Waals surface area contributed by atoms with Gasteiger partial charge in [-0.3, -0.25) is 4.79 Å². The average molecular weight is 158 g/mol. The quantitative estimate of drug-likeness (QED) is 0.591. The molecule has 0 aliphatic carbocycles. The van der Waals surface area contributed by atoms with E-state index in [1.165, 1.54) is 0 Å². The van der Waals surface area contributed by atoms with Crippen molar-refractivity contribution < 1.29 is 19.4 Å². The maximum Gasteiger partial charge on any atom is 0.345 e. The first-order valence-corrected chi connectivity index (χ1v) is 3.58. The van der Waals surface area contributed by atoms with Crippen molar-refractivity contribution in [2.45, 2.75) is 25.9 Å². The molecule has 2 unspecified atom stereocenters. The highest BCUT2D eigenvalue weighted by molar-refractivity contribution is 5.83. The van der Waals surface area contributed by atoms with Crippen LogP contribution in [0.15, 0.2) is 0 Å². The average Bonchev–Trinajstić information content (AvgIpc) is 2.31. The standard InChI is InChI=1S/C7H10O4/c1-2-4-3-5(6(8)9)11-7(4)10/h4-5H,2-3H2,1H3,(H,8,9). The summed E-state index contributed by atoms with van der Waals surface area (Å²) in [5, 5.41) is 8.47. The molecular weight excluding hydrogens is 148 g/mol. The van der Waals surface area contributed by atoms with Gasteiger partial charge in [0.15, 0.2) is 6.10 Å². The lowest BCUT2D eigenvalue weighted by Gasteiger charge is -1.99. The molecule has 0 bridgehead atoms. The van der Waals surface area contributed by atoms with Gasteiger partial charge >= 0.3 is 11.9 Å². The largest absolute Gasteiger partial charge is 0.479 e. The van der Waals surface area contributed by atoms with E-state index < -0.39 is 12.1 Å². The summed E-state index contributed by atoms with van der Waals surface area (Å²) in [5.41, 5.74) is 0. The van der Waals surface area contributed by atoms with Gasteiger partial charge in [0.25, 0.3) is 0 Å². The number of carbonyl (C=O) groups is 2. The highest BCUT2D eigenvalue weighted by Crippen LogP contribution is 2.23. The van der Waals surface area contributed by atoms with Gasteiger partial charge in [0.05, 0.1) is 5.92 Å². The molecule has 1 rings (SSSR count). The number of ether oxygens (including phenoxy) is 1. The Hall–Kier alpha value is -1.06. The summed E-state index contributed by atoms with van der Waals surface area (Å²) in [6, 6.07) is 0. The Bertz CT molecular complexity index is 187. The molecule has 4 nitrogen and oxygen atoms in total. The van der Waals surface area contributed by atoms with Gasteiger partial charge in [-0.1, -0.05) is 6.92 Å². The van der Waals surface area contributed by atoms with Crippen LogP contribution in [0.3, 0.4) is 0 Å². The highest BCUT2D eigenvalue weighted by atomic mass is 16.6. The van der Waals surface area contributed by atoms with E-state index in [0.717, 1.165) is 0 Å². The van der Waals surface area contributed by atoms with Crippen molar-refractivity contribution >= 4 is 11.9 Å². The van der Waals surface area contributed by atoms with Crippen LogP contribution >= 0.6 is 0 Å². The first-order chi connectivity index (χ1) is 5.15. The Kier molecular flexibility index (Phi) is 2.12. The fourth-order valence-electron chi connectivity index (χ4n) is 1.12. The van der Waals surface area contributed by atoms with Gasteiger partial charge in [-0.15, -0.1) is 0 Å². The smallest absolute Gasteiger partial charge is 0.345 e. The molecule has 0 aromatic rings. The van der Waals surface area contributed by atoms with Crippen LogP contribution in [0.25, 0.3) is 0 Å². The van der Waals surface area contributed by atoms with Gasteiger partial charge in [-0.05, 0) is 6.42 Å². The van der Waals surface area contributed by atoms with E-state index in [0.29, 0.717) is 12.8 Å². The molecule has 0 saturated carbocycles. The van der Waals surface area contributed by atoms with Crippen LogP contribution in [0.1, 0.15) is 19.8 Å². The molecule has 1 aliphatic heterocycles. The first kappa shape index (κ1) is 8.04. The zero-order valence-electron chi connectivity index (χ0n) is 6.24. The van der Waals surface area contributed by atoms with E-state index in [4.69, 9.17) is 5.11 Å². The van der Waals surface area contributed by atoms with E-state index in [1.54, 1.807) is 0 Å². The first-order valence-electron chi connectivity index (χ1n) is 3.58. The van der Waals surface area contributed by atoms with Crippen LogP contribution in [0, 0.1) is 5.92 Å². The van der Waals surface area contributed by atoms with Gasteiger partial charge in [-0.2, -0.15) is 0 Å². The topological polar surface area (TPSA) is 63.6 Å². The van der Waals surface area contributed by atoms with Crippen LogP contribution in [0.4, 0.5) is 0 Å². The number of cyclic esters (lactones) is 1. The maximum atomic E-state index is 10.8. The molecule has 1 N–H and O–H groups in total. The summed E-state index contributed by atoms with van der Waals surface area (Å²) < 4.78 is 4.59. The Morgan fingerprint density at radius 1 is 1.82 bits per heavy atom. The third-order valence-electron chi connectivity index (χ3n) is 1.86. The van der Waals surface area contributed by atoms with Gasteiger partial charge in [-0.25, -0.2) is 4.79 Å². The number of carboxylic acid groups (broad SMARTS) is 1. The summed E-state index contributed by atoms with van der Waals surface area (Å²) in [6.07, 6.45) is 0.0697. The number of hydrogen-bond acceptors (Lipinski definition) is 3. The van der Waals surface area contributed by atoms with Crippen LogP contribution in [-0.4, -0.2) is 23.1 Å². The molecule has 0 spiro atoms. The minimum Gasteiger partial charge on any atom is -0.479 e. The zero-order chi connectivity index (χ0) is 8.43. The van der Waals surface area contributed by atoms with E-state index in [-0.39, 0.29) is 11.9 Å². The summed E-state index contributed by atoms with van der Waals surface area (Å²) >= 11 is 0. The zero-order valence-corrected chi connectivity index (χ0v) is 6.24. The molecule has 1 heterocycles. The van der Waals surface area contributed by atoms with Gasteiger partial charge in [0.2, 0.25) is 0 Å². The summed E-state index contributed by atoms with van der Waals surface area (Å²) in [5.74, 6) is -1.63. The fraction of sp³-hybridized carbons (Fsp3) is 0.714. The van der Waals surface area contributed by atoms with Gasteiger partial charge < -0.3 is 9.84 Å². The molecule has 0 radical (unpaired) electrons. The highest BCUT2D eigenvalue weighted by Gasteiger charge is 2.37. The van der Waals surface area contributed by atoms with E-state index in [9.17, 15) is 9.59 Å². The third kappa shape index (κ3) is 1.50. The van der Waals surface area contributed by atoms with Crippen molar-refractivity contribution in [1.29, 1.82) is 0 Å². The molecular formula is C7H10O4. The van der Waals surface area contributed by atoms with Crippen molar-refractivity contribution in [1.82, 2.24) is 0 Å². The second-order valence-corrected chi connectivity index (χ2v) is 2.60. The number of esters is 1. The van der Waals surface area contributed by atoms with E-state index >= 15 is 0 Å². The number of rotatable bonds is 2. The monoisotopic (exact) mass is 158 g/mol. The third-order valence-corrected chi connectivity index (χ3v) is 1.86. The van der Waals surface area contributed by atoms with Crippen molar-refractivity contribution in [2.75, 3.05) is 0 Å². The molecule has 0 amide bonds. The molecule has 4 heteroatoms. The number of aliphatic carboxylic acids is 1. The number of carboxylic acids is 1. The van der Waals surface area contributed by atoms with Crippen LogP contribution in [-0.2, 0) is 14.3 Å². The summed E-state index contributed by atoms with van der Waals surface area (Å²) in [7, 11) is 0. The van der Waals surface area contributed by atoms with Crippen molar-refractivity contribution in [3.05, 3.63) is 0 Å². The summed E-state index contributed by atoms with van der Waals surface area (Å²) in [4.78, 5) is 21.2. The van der Waals surface area contributed by atoms with Crippen LogP contribution < -0.4 is 0 Å². The van der Waals surface area contributed by atoms with Crippen LogP contribution in [0.2, 0.25) is 0 Å². The molecule has 1 saturated heterocycles. The minimum atomic E-state index is -1.05. The SMILES string of the molecule is CCC1CC(C(=O)O)OC1=O. The Labute approximate surface area is 64.2 Å². The normalized spacial score (nSPS) is 30.1. The molecule has 1 fully saturated rings. The lowest BCUT2D eigenvalue weighted by Crippen LogP contribution is -2.18. The predicted octanol–water partition coefficient (Wildman–Crippen LogP) is 0.413. The molecule has 0 aromatic heterocycles. The van der Waals surface area contributed by atoms with Crippen LogP contribution in [0.5, 0.6) is 0 Å². The lowest BCUT2D eigenvalue weighted by molar-refractivity contribution is -0.157. The number of hydrogen-bond donors (Lipinski definition) is 1. The van der Waals surface area contributed by atoms with Crippen molar-refractivity contribution in [3.8, 4) is 0 Å². The Morgan fingerprint density at radius 2 is 2.45 bits per heavy atom. The van der Waals surface area contributed by atoms with Gasteiger partial charge in [0.1, 0.15) is 0 Å². The minimum absolute atomic E-state index is 0.212. The Morgan fingerprint density at radius 3 is 2.73 bits per heavy atom. The fourth-order valence-corrected chi connectivity index (χ4v) is 1.12. The molecule has 62 valence electrons. The second kappa shape index (κ2) is 2.90. The predicted molar refractivity (Wildman–Crippen MR) is 35.9 cm³/mol. The van der Waals surface area contributed by atoms with Gasteiger partial charge in [0, 0.05) is 6.42 Å². The van der Waals surface area contributed by atoms with Crippen molar-refractivity contribution in [3.63, 3.8) is 0 Å². The molecule has 0 aromatic carbocycles. The van der Waals surface area contributed by atoms with E-state index in [2.05, 4.69) is 4.74 Å². The Balaban J connectivity index is 2.56. The molecule has 11 heavy (non-hydrogen) atoms.